The Balaban J connectivity index is 2.13. The summed E-state index contributed by atoms with van der Waals surface area (Å²) in [7, 11) is 0. The van der Waals surface area contributed by atoms with Gasteiger partial charge < -0.3 is 10.4 Å². The molecule has 0 bridgehead atoms. The van der Waals surface area contributed by atoms with Crippen LogP contribution in [0, 0.1) is 0 Å². The second kappa shape index (κ2) is 5.84. The fourth-order valence-corrected chi connectivity index (χ4v) is 1.93. The zero-order valence-corrected chi connectivity index (χ0v) is 10.9. The summed E-state index contributed by atoms with van der Waals surface area (Å²) in [6, 6.07) is 17.8. The van der Waals surface area contributed by atoms with Gasteiger partial charge in [0.2, 0.25) is 0 Å². The predicted molar refractivity (Wildman–Crippen MR) is 74.0 cm³/mol. The molecule has 0 aliphatic heterocycles. The van der Waals surface area contributed by atoms with Gasteiger partial charge in [0.05, 0.1) is 12.6 Å². The Bertz CT molecular complexity index is 455. The van der Waals surface area contributed by atoms with E-state index in [1.54, 1.807) is 0 Å². The Labute approximate surface area is 109 Å². The molecule has 1 atom stereocenters. The zero-order chi connectivity index (χ0) is 12.1. The lowest BCUT2D eigenvalue weighted by atomic mass is 10.1. The second-order valence-corrected chi connectivity index (χ2v) is 4.71. The fourth-order valence-electron chi connectivity index (χ4n) is 1.67. The predicted octanol–water partition coefficient (Wildman–Crippen LogP) is 3.59. The van der Waals surface area contributed by atoms with Gasteiger partial charge in [-0.05, 0) is 29.8 Å². The molecule has 0 spiro atoms. The minimum absolute atomic E-state index is 0.0695. The van der Waals surface area contributed by atoms with Crippen LogP contribution in [0.25, 0.3) is 0 Å². The molecule has 2 aromatic rings. The SMILES string of the molecule is OCC(Nc1ccc(Br)cc1)c1ccccc1. The fraction of sp³-hybridized carbons (Fsp3) is 0.143. The van der Waals surface area contributed by atoms with E-state index >= 15 is 0 Å². The third-order valence-corrected chi connectivity index (χ3v) is 3.10. The summed E-state index contributed by atoms with van der Waals surface area (Å²) in [6.07, 6.45) is 0. The normalized spacial score (nSPS) is 12.1. The molecule has 2 aromatic carbocycles. The van der Waals surface area contributed by atoms with Crippen LogP contribution in [-0.2, 0) is 0 Å². The molecule has 2 rings (SSSR count). The molecular formula is C14H14BrNO. The van der Waals surface area contributed by atoms with Crippen LogP contribution in [0.2, 0.25) is 0 Å². The maximum Gasteiger partial charge on any atom is 0.0745 e. The summed E-state index contributed by atoms with van der Waals surface area (Å²) < 4.78 is 1.04. The summed E-state index contributed by atoms with van der Waals surface area (Å²) >= 11 is 3.40. The molecule has 0 amide bonds. The van der Waals surface area contributed by atoms with Crippen molar-refractivity contribution in [3.63, 3.8) is 0 Å². The molecule has 0 saturated carbocycles. The molecule has 2 nitrogen and oxygen atoms in total. The van der Waals surface area contributed by atoms with Crippen molar-refractivity contribution in [2.45, 2.75) is 6.04 Å². The third-order valence-electron chi connectivity index (χ3n) is 2.57. The molecule has 0 aliphatic rings. The molecule has 0 aliphatic carbocycles. The van der Waals surface area contributed by atoms with E-state index in [9.17, 15) is 5.11 Å². The molecule has 1 unspecified atom stereocenters. The number of rotatable bonds is 4. The van der Waals surface area contributed by atoms with Crippen LogP contribution in [0.5, 0.6) is 0 Å². The highest BCUT2D eigenvalue weighted by Gasteiger charge is 2.08. The summed E-state index contributed by atoms with van der Waals surface area (Å²) in [5, 5.41) is 12.7. The minimum Gasteiger partial charge on any atom is -0.394 e. The van der Waals surface area contributed by atoms with Crippen molar-refractivity contribution in [3.05, 3.63) is 64.6 Å². The van der Waals surface area contributed by atoms with E-state index in [0.717, 1.165) is 15.7 Å². The highest BCUT2D eigenvalue weighted by molar-refractivity contribution is 9.10. The number of anilines is 1. The van der Waals surface area contributed by atoms with Gasteiger partial charge in [-0.15, -0.1) is 0 Å². The molecule has 0 heterocycles. The van der Waals surface area contributed by atoms with Crippen molar-refractivity contribution in [2.75, 3.05) is 11.9 Å². The lowest BCUT2D eigenvalue weighted by molar-refractivity contribution is 0.276. The number of aliphatic hydroxyl groups is 1. The van der Waals surface area contributed by atoms with Crippen molar-refractivity contribution < 1.29 is 5.11 Å². The van der Waals surface area contributed by atoms with Gasteiger partial charge in [0, 0.05) is 10.2 Å². The number of aliphatic hydroxyl groups excluding tert-OH is 1. The first-order valence-electron chi connectivity index (χ1n) is 5.47. The van der Waals surface area contributed by atoms with Gasteiger partial charge >= 0.3 is 0 Å². The highest BCUT2D eigenvalue weighted by atomic mass is 79.9. The number of nitrogens with one attached hydrogen (secondary N) is 1. The minimum atomic E-state index is -0.0719. The van der Waals surface area contributed by atoms with Gasteiger partial charge in [-0.25, -0.2) is 0 Å². The van der Waals surface area contributed by atoms with E-state index in [4.69, 9.17) is 0 Å². The highest BCUT2D eigenvalue weighted by Crippen LogP contribution is 2.20. The first-order chi connectivity index (χ1) is 8.29. The van der Waals surface area contributed by atoms with E-state index in [2.05, 4.69) is 21.2 Å². The number of hydrogen-bond donors (Lipinski definition) is 2. The van der Waals surface area contributed by atoms with Gasteiger partial charge in [-0.3, -0.25) is 0 Å². The maximum absolute atomic E-state index is 9.42. The number of hydrogen-bond acceptors (Lipinski definition) is 2. The molecule has 88 valence electrons. The monoisotopic (exact) mass is 291 g/mol. The lowest BCUT2D eigenvalue weighted by Gasteiger charge is -2.18. The molecule has 0 radical (unpaired) electrons. The molecule has 2 N–H and O–H groups in total. The average molecular weight is 292 g/mol. The lowest BCUT2D eigenvalue weighted by Crippen LogP contribution is -2.14. The van der Waals surface area contributed by atoms with Crippen LogP contribution in [0.4, 0.5) is 5.69 Å². The summed E-state index contributed by atoms with van der Waals surface area (Å²) in [5.74, 6) is 0. The Morgan fingerprint density at radius 3 is 2.24 bits per heavy atom. The molecule has 17 heavy (non-hydrogen) atoms. The van der Waals surface area contributed by atoms with Crippen LogP contribution in [0.1, 0.15) is 11.6 Å². The van der Waals surface area contributed by atoms with E-state index in [1.165, 1.54) is 0 Å². The molecular weight excluding hydrogens is 278 g/mol. The summed E-state index contributed by atoms with van der Waals surface area (Å²) in [5.41, 5.74) is 2.08. The first kappa shape index (κ1) is 12.1. The Kier molecular flexibility index (Phi) is 4.18. The van der Waals surface area contributed by atoms with Gasteiger partial charge in [-0.2, -0.15) is 0 Å². The number of halogens is 1. The third kappa shape index (κ3) is 3.32. The number of benzene rings is 2. The smallest absolute Gasteiger partial charge is 0.0745 e. The second-order valence-electron chi connectivity index (χ2n) is 3.80. The standard InChI is InChI=1S/C14H14BrNO/c15-12-6-8-13(9-7-12)16-14(10-17)11-4-2-1-3-5-11/h1-9,14,16-17H,10H2. The maximum atomic E-state index is 9.42. The quantitative estimate of drug-likeness (QED) is 0.902. The topological polar surface area (TPSA) is 32.3 Å². The van der Waals surface area contributed by atoms with Crippen molar-refractivity contribution in [2.24, 2.45) is 0 Å². The summed E-state index contributed by atoms with van der Waals surface area (Å²) in [4.78, 5) is 0. The first-order valence-corrected chi connectivity index (χ1v) is 6.27. The van der Waals surface area contributed by atoms with Gasteiger partial charge in [0.25, 0.3) is 0 Å². The zero-order valence-electron chi connectivity index (χ0n) is 9.31. The van der Waals surface area contributed by atoms with Crippen molar-refractivity contribution >= 4 is 21.6 Å². The van der Waals surface area contributed by atoms with Crippen molar-refractivity contribution in [1.82, 2.24) is 0 Å². The van der Waals surface area contributed by atoms with Gasteiger partial charge in [0.1, 0.15) is 0 Å². The average Bonchev–Trinajstić information content (AvgIpc) is 2.39. The molecule has 0 fully saturated rings. The van der Waals surface area contributed by atoms with E-state index < -0.39 is 0 Å². The summed E-state index contributed by atoms with van der Waals surface area (Å²) in [6.45, 7) is 0.0695. The Morgan fingerprint density at radius 2 is 1.65 bits per heavy atom. The van der Waals surface area contributed by atoms with Gasteiger partial charge in [0.15, 0.2) is 0 Å². The molecule has 0 aromatic heterocycles. The largest absolute Gasteiger partial charge is 0.394 e. The van der Waals surface area contributed by atoms with Crippen LogP contribution in [0.3, 0.4) is 0 Å². The molecule has 3 heteroatoms. The van der Waals surface area contributed by atoms with Crippen LogP contribution >= 0.6 is 15.9 Å². The molecule has 0 saturated heterocycles. The van der Waals surface area contributed by atoms with E-state index in [0.29, 0.717) is 0 Å². The van der Waals surface area contributed by atoms with E-state index in [-0.39, 0.29) is 12.6 Å². The Morgan fingerprint density at radius 1 is 1.00 bits per heavy atom. The van der Waals surface area contributed by atoms with Crippen LogP contribution in [0.15, 0.2) is 59.1 Å². The van der Waals surface area contributed by atoms with E-state index in [1.807, 2.05) is 54.6 Å². The van der Waals surface area contributed by atoms with Crippen LogP contribution in [-0.4, -0.2) is 11.7 Å². The van der Waals surface area contributed by atoms with Crippen molar-refractivity contribution in [1.29, 1.82) is 0 Å². The Hall–Kier alpha value is -1.32. The van der Waals surface area contributed by atoms with Crippen molar-refractivity contribution in [3.8, 4) is 0 Å². The van der Waals surface area contributed by atoms with Crippen LogP contribution < -0.4 is 5.32 Å². The van der Waals surface area contributed by atoms with Gasteiger partial charge in [-0.1, -0.05) is 46.3 Å².